The van der Waals surface area contributed by atoms with E-state index in [1.165, 1.54) is 58.2 Å². The highest BCUT2D eigenvalue weighted by Gasteiger charge is 2.08. The summed E-state index contributed by atoms with van der Waals surface area (Å²) >= 11 is 0. The first-order valence-corrected chi connectivity index (χ1v) is 5.47. The topological polar surface area (TPSA) is 3.24 Å². The first-order valence-electron chi connectivity index (χ1n) is 5.47. The number of nitrogens with zero attached hydrogens (tertiary/aromatic N) is 1. The minimum atomic E-state index is 1.30. The van der Waals surface area contributed by atoms with Crippen LogP contribution in [0.1, 0.15) is 45.4 Å². The van der Waals surface area contributed by atoms with Crippen LogP contribution < -0.4 is 0 Å². The molecule has 1 saturated heterocycles. The number of unbranched alkanes of at least 4 members (excludes halogenated alkanes) is 3. The third-order valence-electron chi connectivity index (χ3n) is 2.59. The van der Waals surface area contributed by atoms with Gasteiger partial charge in [-0.2, -0.15) is 0 Å². The standard InChI is InChI=1S/C11H22N/c1-2-3-4-6-9-12-10-7-5-8-11-12/h4H,2-3,5-11H2,1H3. The fourth-order valence-corrected chi connectivity index (χ4v) is 1.81. The Kier molecular flexibility index (Phi) is 5.42. The van der Waals surface area contributed by atoms with Gasteiger partial charge in [-0.1, -0.05) is 26.2 Å². The molecule has 0 aromatic rings. The molecule has 0 atom stereocenters. The second-order valence-corrected chi connectivity index (χ2v) is 3.77. The van der Waals surface area contributed by atoms with E-state index < -0.39 is 0 Å². The summed E-state index contributed by atoms with van der Waals surface area (Å²) < 4.78 is 0. The zero-order valence-corrected chi connectivity index (χ0v) is 8.39. The van der Waals surface area contributed by atoms with Crippen LogP contribution in [0.5, 0.6) is 0 Å². The molecular formula is C11H22N. The second kappa shape index (κ2) is 6.47. The van der Waals surface area contributed by atoms with Crippen LogP contribution in [0, 0.1) is 6.42 Å². The van der Waals surface area contributed by atoms with E-state index in [4.69, 9.17) is 0 Å². The van der Waals surface area contributed by atoms with Crippen LogP contribution >= 0.6 is 0 Å². The Balaban J connectivity index is 1.91. The molecule has 0 spiro atoms. The first kappa shape index (κ1) is 10.0. The van der Waals surface area contributed by atoms with Crippen molar-refractivity contribution in [2.24, 2.45) is 0 Å². The van der Waals surface area contributed by atoms with Crippen molar-refractivity contribution in [2.75, 3.05) is 19.6 Å². The molecular weight excluding hydrogens is 146 g/mol. The Morgan fingerprint density at radius 3 is 2.50 bits per heavy atom. The lowest BCUT2D eigenvalue weighted by molar-refractivity contribution is 0.230. The maximum absolute atomic E-state index is 2.61. The number of likely N-dealkylation sites (tertiary alicyclic amines) is 1. The highest BCUT2D eigenvalue weighted by atomic mass is 15.1. The number of rotatable bonds is 5. The average molecular weight is 168 g/mol. The predicted molar refractivity (Wildman–Crippen MR) is 54.1 cm³/mol. The summed E-state index contributed by atoms with van der Waals surface area (Å²) in [4.78, 5) is 2.61. The largest absolute Gasteiger partial charge is 0.303 e. The second-order valence-electron chi connectivity index (χ2n) is 3.77. The third kappa shape index (κ3) is 4.10. The van der Waals surface area contributed by atoms with Gasteiger partial charge in [0, 0.05) is 0 Å². The molecule has 0 amide bonds. The van der Waals surface area contributed by atoms with E-state index in [0.29, 0.717) is 0 Å². The van der Waals surface area contributed by atoms with Gasteiger partial charge < -0.3 is 4.90 Å². The van der Waals surface area contributed by atoms with Crippen LogP contribution in [-0.2, 0) is 0 Å². The van der Waals surface area contributed by atoms with E-state index in [0.717, 1.165) is 0 Å². The van der Waals surface area contributed by atoms with E-state index in [9.17, 15) is 0 Å². The zero-order chi connectivity index (χ0) is 8.65. The van der Waals surface area contributed by atoms with Crippen molar-refractivity contribution in [3.8, 4) is 0 Å². The molecule has 12 heavy (non-hydrogen) atoms. The quantitative estimate of drug-likeness (QED) is 0.571. The van der Waals surface area contributed by atoms with Gasteiger partial charge in [0.2, 0.25) is 0 Å². The Labute approximate surface area is 77.1 Å². The maximum Gasteiger partial charge on any atom is -0.00160 e. The minimum Gasteiger partial charge on any atom is -0.303 e. The zero-order valence-electron chi connectivity index (χ0n) is 8.39. The summed E-state index contributed by atoms with van der Waals surface area (Å²) in [6.07, 6.45) is 10.6. The van der Waals surface area contributed by atoms with Gasteiger partial charge in [0.05, 0.1) is 0 Å². The molecule has 0 aliphatic carbocycles. The predicted octanol–water partition coefficient (Wildman–Crippen LogP) is 2.87. The Morgan fingerprint density at radius 2 is 1.83 bits per heavy atom. The van der Waals surface area contributed by atoms with Crippen LogP contribution in [-0.4, -0.2) is 24.5 Å². The summed E-state index contributed by atoms with van der Waals surface area (Å²) in [5.41, 5.74) is 0. The van der Waals surface area contributed by atoms with Crippen molar-refractivity contribution in [2.45, 2.75) is 45.4 Å². The average Bonchev–Trinajstić information content (AvgIpc) is 2.14. The van der Waals surface area contributed by atoms with Gasteiger partial charge in [-0.05, 0) is 45.3 Å². The Hall–Kier alpha value is -0.0400. The van der Waals surface area contributed by atoms with Gasteiger partial charge in [0.15, 0.2) is 0 Å². The lowest BCUT2D eigenvalue weighted by atomic mass is 10.1. The smallest absolute Gasteiger partial charge is 0.00160 e. The summed E-state index contributed by atoms with van der Waals surface area (Å²) in [5.74, 6) is 0. The molecule has 0 bridgehead atoms. The molecule has 1 heterocycles. The SMILES string of the molecule is CCC[CH]CCN1CCCCC1. The van der Waals surface area contributed by atoms with E-state index in [2.05, 4.69) is 18.2 Å². The molecule has 1 fully saturated rings. The van der Waals surface area contributed by atoms with Gasteiger partial charge in [0.25, 0.3) is 0 Å². The third-order valence-corrected chi connectivity index (χ3v) is 2.59. The molecule has 1 heteroatoms. The van der Waals surface area contributed by atoms with Gasteiger partial charge in [-0.15, -0.1) is 0 Å². The summed E-state index contributed by atoms with van der Waals surface area (Å²) in [7, 11) is 0. The van der Waals surface area contributed by atoms with Crippen LogP contribution in [0.25, 0.3) is 0 Å². The van der Waals surface area contributed by atoms with Crippen LogP contribution in [0.2, 0.25) is 0 Å². The molecule has 0 unspecified atom stereocenters. The Bertz CT molecular complexity index is 95.2. The maximum atomic E-state index is 2.61. The normalized spacial score (nSPS) is 19.8. The summed E-state index contributed by atoms with van der Waals surface area (Å²) in [6.45, 7) is 6.25. The van der Waals surface area contributed by atoms with Crippen molar-refractivity contribution >= 4 is 0 Å². The highest BCUT2D eigenvalue weighted by molar-refractivity contribution is 4.70. The van der Waals surface area contributed by atoms with Crippen molar-refractivity contribution in [1.29, 1.82) is 0 Å². The first-order chi connectivity index (χ1) is 5.93. The molecule has 0 saturated carbocycles. The fraction of sp³-hybridized carbons (Fsp3) is 0.909. The Morgan fingerprint density at radius 1 is 1.08 bits per heavy atom. The molecule has 0 aromatic carbocycles. The molecule has 1 aliphatic heterocycles. The highest BCUT2D eigenvalue weighted by Crippen LogP contribution is 2.09. The van der Waals surface area contributed by atoms with E-state index in [1.807, 2.05) is 0 Å². The van der Waals surface area contributed by atoms with Crippen molar-refractivity contribution in [3.63, 3.8) is 0 Å². The molecule has 1 nitrogen and oxygen atoms in total. The molecule has 1 radical (unpaired) electrons. The number of hydrogen-bond donors (Lipinski definition) is 0. The minimum absolute atomic E-state index is 1.30. The monoisotopic (exact) mass is 168 g/mol. The summed E-state index contributed by atoms with van der Waals surface area (Å²) in [6, 6.07) is 0. The molecule has 0 aromatic heterocycles. The lowest BCUT2D eigenvalue weighted by Crippen LogP contribution is -2.30. The van der Waals surface area contributed by atoms with Gasteiger partial charge in [-0.25, -0.2) is 0 Å². The van der Waals surface area contributed by atoms with E-state index in [1.54, 1.807) is 0 Å². The van der Waals surface area contributed by atoms with Crippen LogP contribution in [0.15, 0.2) is 0 Å². The molecule has 1 rings (SSSR count). The number of hydrogen-bond acceptors (Lipinski definition) is 1. The fourth-order valence-electron chi connectivity index (χ4n) is 1.81. The summed E-state index contributed by atoms with van der Waals surface area (Å²) in [5, 5.41) is 0. The van der Waals surface area contributed by atoms with E-state index in [-0.39, 0.29) is 0 Å². The van der Waals surface area contributed by atoms with Gasteiger partial charge in [-0.3, -0.25) is 0 Å². The van der Waals surface area contributed by atoms with Gasteiger partial charge >= 0.3 is 0 Å². The van der Waals surface area contributed by atoms with E-state index >= 15 is 0 Å². The van der Waals surface area contributed by atoms with Crippen molar-refractivity contribution < 1.29 is 0 Å². The molecule has 1 aliphatic rings. The van der Waals surface area contributed by atoms with Crippen LogP contribution in [0.4, 0.5) is 0 Å². The lowest BCUT2D eigenvalue weighted by Gasteiger charge is -2.26. The molecule has 0 N–H and O–H groups in total. The number of piperidine rings is 1. The molecule has 71 valence electrons. The van der Waals surface area contributed by atoms with Crippen LogP contribution in [0.3, 0.4) is 0 Å². The van der Waals surface area contributed by atoms with Crippen molar-refractivity contribution in [1.82, 2.24) is 4.90 Å². The van der Waals surface area contributed by atoms with Crippen molar-refractivity contribution in [3.05, 3.63) is 6.42 Å². The van der Waals surface area contributed by atoms with Gasteiger partial charge in [0.1, 0.15) is 0 Å².